The molecule has 1 heterocycles. The van der Waals surface area contributed by atoms with Crippen molar-refractivity contribution in [3.8, 4) is 5.75 Å². The fourth-order valence-corrected chi connectivity index (χ4v) is 3.37. The number of halogens is 1. The van der Waals surface area contributed by atoms with Crippen molar-refractivity contribution in [2.75, 3.05) is 13.7 Å². The van der Waals surface area contributed by atoms with Gasteiger partial charge in [0.25, 0.3) is 5.56 Å². The van der Waals surface area contributed by atoms with E-state index in [-0.39, 0.29) is 17.3 Å². The van der Waals surface area contributed by atoms with Crippen LogP contribution in [0.2, 0.25) is 0 Å². The smallest absolute Gasteiger partial charge is 0.251 e. The number of benzene rings is 2. The third kappa shape index (κ3) is 5.02. The van der Waals surface area contributed by atoms with Crippen LogP contribution in [0.4, 0.5) is 4.39 Å². The highest BCUT2D eigenvalue weighted by Gasteiger charge is 2.10. The highest BCUT2D eigenvalue weighted by Crippen LogP contribution is 2.25. The molecule has 0 saturated carbocycles. The van der Waals surface area contributed by atoms with Crippen LogP contribution in [0.15, 0.2) is 47.3 Å². The molecule has 0 fully saturated rings. The zero-order chi connectivity index (χ0) is 20.8. The van der Waals surface area contributed by atoms with Crippen LogP contribution in [-0.4, -0.2) is 24.5 Å². The van der Waals surface area contributed by atoms with Gasteiger partial charge in [-0.1, -0.05) is 24.3 Å². The van der Waals surface area contributed by atoms with Crippen molar-refractivity contribution >= 4 is 16.8 Å². The van der Waals surface area contributed by atoms with Gasteiger partial charge in [-0.05, 0) is 55.5 Å². The number of carbonyl (C=O) groups is 1. The Morgan fingerprint density at radius 1 is 1.14 bits per heavy atom. The molecule has 0 saturated heterocycles. The number of hydrogen-bond acceptors (Lipinski definition) is 3. The average Bonchev–Trinajstić information content (AvgIpc) is 2.70. The molecule has 6 heteroatoms. The van der Waals surface area contributed by atoms with Crippen LogP contribution in [0.5, 0.6) is 5.75 Å². The van der Waals surface area contributed by atoms with Crippen LogP contribution in [0.25, 0.3) is 10.9 Å². The van der Waals surface area contributed by atoms with E-state index in [1.54, 1.807) is 25.3 Å². The van der Waals surface area contributed by atoms with Gasteiger partial charge in [0.15, 0.2) is 0 Å². The summed E-state index contributed by atoms with van der Waals surface area (Å²) in [6, 6.07) is 12.2. The molecule has 0 atom stereocenters. The standard InChI is InChI=1S/C23H25FN2O3/c1-15-10-11-20(29-2)22-18(15)14-17(23(28)26-22)12-13-25-21(27)9-5-7-16-6-3-4-8-19(16)24/h3-4,6,8,10-11,14H,5,7,9,12-13H2,1-2H3,(H,25,27)(H,26,28). The van der Waals surface area contributed by atoms with Gasteiger partial charge in [-0.3, -0.25) is 9.59 Å². The molecule has 0 aliphatic rings. The number of aryl methyl sites for hydroxylation is 2. The summed E-state index contributed by atoms with van der Waals surface area (Å²) >= 11 is 0. The number of pyridine rings is 1. The van der Waals surface area contributed by atoms with Gasteiger partial charge < -0.3 is 15.0 Å². The van der Waals surface area contributed by atoms with Gasteiger partial charge in [-0.15, -0.1) is 0 Å². The van der Waals surface area contributed by atoms with E-state index >= 15 is 0 Å². The summed E-state index contributed by atoms with van der Waals surface area (Å²) in [6.07, 6.45) is 1.84. The lowest BCUT2D eigenvalue weighted by atomic mass is 10.1. The topological polar surface area (TPSA) is 71.2 Å². The summed E-state index contributed by atoms with van der Waals surface area (Å²) in [6.45, 7) is 2.34. The van der Waals surface area contributed by atoms with Crippen LogP contribution in [0.3, 0.4) is 0 Å². The van der Waals surface area contributed by atoms with Crippen molar-refractivity contribution in [2.24, 2.45) is 0 Å². The van der Waals surface area contributed by atoms with E-state index in [9.17, 15) is 14.0 Å². The predicted octanol–water partition coefficient (Wildman–Crippen LogP) is 3.67. The quantitative estimate of drug-likeness (QED) is 0.610. The number of H-pyrrole nitrogens is 1. The molecule has 1 aromatic heterocycles. The van der Waals surface area contributed by atoms with Crippen molar-refractivity contribution in [3.63, 3.8) is 0 Å². The number of rotatable bonds is 8. The molecule has 2 aromatic carbocycles. The number of carbonyl (C=O) groups excluding carboxylic acids is 1. The number of fused-ring (bicyclic) bond motifs is 1. The van der Waals surface area contributed by atoms with Crippen LogP contribution >= 0.6 is 0 Å². The number of aromatic amines is 1. The maximum atomic E-state index is 13.6. The summed E-state index contributed by atoms with van der Waals surface area (Å²) in [5, 5.41) is 3.76. The first-order valence-corrected chi connectivity index (χ1v) is 9.69. The summed E-state index contributed by atoms with van der Waals surface area (Å²) < 4.78 is 18.9. The summed E-state index contributed by atoms with van der Waals surface area (Å²) in [5.74, 6) is 0.282. The highest BCUT2D eigenvalue weighted by molar-refractivity contribution is 5.87. The Morgan fingerprint density at radius 2 is 1.93 bits per heavy atom. The Labute approximate surface area is 168 Å². The lowest BCUT2D eigenvalue weighted by Crippen LogP contribution is -2.27. The third-order valence-electron chi connectivity index (χ3n) is 5.02. The maximum absolute atomic E-state index is 13.6. The van der Waals surface area contributed by atoms with Gasteiger partial charge >= 0.3 is 0 Å². The molecule has 0 aliphatic heterocycles. The molecular weight excluding hydrogens is 371 g/mol. The number of hydrogen-bond donors (Lipinski definition) is 2. The Hall–Kier alpha value is -3.15. The number of amides is 1. The van der Waals surface area contributed by atoms with E-state index in [0.717, 1.165) is 10.9 Å². The maximum Gasteiger partial charge on any atom is 0.251 e. The molecule has 3 rings (SSSR count). The van der Waals surface area contributed by atoms with E-state index in [4.69, 9.17) is 4.74 Å². The van der Waals surface area contributed by atoms with E-state index < -0.39 is 0 Å². The molecule has 0 bridgehead atoms. The van der Waals surface area contributed by atoms with Crippen LogP contribution in [0.1, 0.15) is 29.5 Å². The van der Waals surface area contributed by atoms with Crippen molar-refractivity contribution in [2.45, 2.75) is 32.6 Å². The fourth-order valence-electron chi connectivity index (χ4n) is 3.37. The van der Waals surface area contributed by atoms with Crippen LogP contribution in [0, 0.1) is 12.7 Å². The molecule has 0 aliphatic carbocycles. The minimum atomic E-state index is -0.240. The Balaban J connectivity index is 1.55. The monoisotopic (exact) mass is 396 g/mol. The third-order valence-corrected chi connectivity index (χ3v) is 5.02. The second-order valence-corrected chi connectivity index (χ2v) is 7.04. The largest absolute Gasteiger partial charge is 0.495 e. The lowest BCUT2D eigenvalue weighted by molar-refractivity contribution is -0.121. The first-order chi connectivity index (χ1) is 14.0. The zero-order valence-corrected chi connectivity index (χ0v) is 16.7. The van der Waals surface area contributed by atoms with Gasteiger partial charge in [0, 0.05) is 23.9 Å². The first-order valence-electron chi connectivity index (χ1n) is 9.69. The summed E-state index contributed by atoms with van der Waals surface area (Å²) in [5.41, 5.74) is 2.76. The molecule has 1 amide bonds. The van der Waals surface area contributed by atoms with Crippen molar-refractivity contribution in [1.82, 2.24) is 10.3 Å². The van der Waals surface area contributed by atoms with Gasteiger partial charge in [-0.25, -0.2) is 4.39 Å². The van der Waals surface area contributed by atoms with Crippen LogP contribution in [-0.2, 0) is 17.6 Å². The summed E-state index contributed by atoms with van der Waals surface area (Å²) in [7, 11) is 1.57. The zero-order valence-electron chi connectivity index (χ0n) is 16.7. The summed E-state index contributed by atoms with van der Waals surface area (Å²) in [4.78, 5) is 27.3. The number of nitrogens with one attached hydrogen (secondary N) is 2. The molecular formula is C23H25FN2O3. The molecule has 0 radical (unpaired) electrons. The van der Waals surface area contributed by atoms with Gasteiger partial charge in [0.1, 0.15) is 11.6 Å². The molecule has 3 aromatic rings. The molecule has 152 valence electrons. The number of methoxy groups -OCH3 is 1. The van der Waals surface area contributed by atoms with Crippen LogP contribution < -0.4 is 15.6 Å². The normalized spacial score (nSPS) is 10.9. The molecule has 0 spiro atoms. The van der Waals surface area contributed by atoms with E-state index in [1.165, 1.54) is 6.07 Å². The van der Waals surface area contributed by atoms with Gasteiger partial charge in [0.2, 0.25) is 5.91 Å². The SMILES string of the molecule is COc1ccc(C)c2cc(CCNC(=O)CCCc3ccccc3F)c(=O)[nH]c12. The minimum absolute atomic E-state index is 0.101. The van der Waals surface area contributed by atoms with E-state index in [2.05, 4.69) is 10.3 Å². The number of aromatic nitrogens is 1. The second-order valence-electron chi connectivity index (χ2n) is 7.04. The molecule has 2 N–H and O–H groups in total. The first kappa shape index (κ1) is 20.6. The number of ether oxygens (including phenoxy) is 1. The van der Waals surface area contributed by atoms with E-state index in [0.29, 0.717) is 54.6 Å². The Morgan fingerprint density at radius 3 is 2.69 bits per heavy atom. The van der Waals surface area contributed by atoms with Gasteiger partial charge in [0.05, 0.1) is 12.6 Å². The lowest BCUT2D eigenvalue weighted by Gasteiger charge is -2.10. The van der Waals surface area contributed by atoms with Gasteiger partial charge in [-0.2, -0.15) is 0 Å². The fraction of sp³-hybridized carbons (Fsp3) is 0.304. The second kappa shape index (κ2) is 9.37. The highest BCUT2D eigenvalue weighted by atomic mass is 19.1. The average molecular weight is 396 g/mol. The van der Waals surface area contributed by atoms with Crippen molar-refractivity contribution in [1.29, 1.82) is 0 Å². The Bertz CT molecular complexity index is 1080. The molecule has 29 heavy (non-hydrogen) atoms. The molecule has 0 unspecified atom stereocenters. The van der Waals surface area contributed by atoms with E-state index in [1.807, 2.05) is 25.1 Å². The van der Waals surface area contributed by atoms with Crippen molar-refractivity contribution < 1.29 is 13.9 Å². The van der Waals surface area contributed by atoms with Crippen molar-refractivity contribution in [3.05, 3.63) is 75.3 Å². The molecule has 5 nitrogen and oxygen atoms in total. The Kier molecular flexibility index (Phi) is 6.65. The minimum Gasteiger partial charge on any atom is -0.495 e. The predicted molar refractivity (Wildman–Crippen MR) is 112 cm³/mol.